The van der Waals surface area contributed by atoms with Crippen LogP contribution in [-0.2, 0) is 6.42 Å². The molecule has 0 aliphatic rings. The van der Waals surface area contributed by atoms with Crippen molar-refractivity contribution in [1.82, 2.24) is 4.98 Å². The highest BCUT2D eigenvalue weighted by molar-refractivity contribution is 7.22. The van der Waals surface area contributed by atoms with Crippen molar-refractivity contribution in [3.63, 3.8) is 0 Å². The van der Waals surface area contributed by atoms with E-state index in [1.807, 2.05) is 11.8 Å². The number of carboxylic acids is 1. The van der Waals surface area contributed by atoms with Gasteiger partial charge >= 0.3 is 5.97 Å². The second-order valence-electron chi connectivity index (χ2n) is 7.95. The molecule has 9 heteroatoms. The SMILES string of the molecule is CCC(c1ccc(C(=O)O)cc1)N(CCc1c(F)cc(OC)cc1F)c1nc2cccc(F)c2s1. The van der Waals surface area contributed by atoms with Gasteiger partial charge in [0.05, 0.1) is 28.9 Å². The van der Waals surface area contributed by atoms with Crippen molar-refractivity contribution in [3.05, 3.63) is 88.7 Å². The molecule has 4 rings (SSSR count). The van der Waals surface area contributed by atoms with Crippen LogP contribution in [0.4, 0.5) is 18.3 Å². The van der Waals surface area contributed by atoms with E-state index in [2.05, 4.69) is 4.98 Å². The predicted octanol–water partition coefficient (Wildman–Crippen LogP) is 6.62. The number of methoxy groups -OCH3 is 1. The number of anilines is 1. The number of aromatic nitrogens is 1. The highest BCUT2D eigenvalue weighted by Gasteiger charge is 2.25. The predicted molar refractivity (Wildman–Crippen MR) is 130 cm³/mol. The van der Waals surface area contributed by atoms with Gasteiger partial charge in [0.15, 0.2) is 5.13 Å². The standard InChI is InChI=1S/C26H23F3N2O3S/c1-3-23(15-7-9-16(10-8-15)25(32)33)31(26-30-22-6-4-5-19(27)24(22)35-26)12-11-18-20(28)13-17(34-2)14-21(18)29/h4-10,13-14,23H,3,11-12H2,1-2H3,(H,32,33). The molecular weight excluding hydrogens is 477 g/mol. The number of thiazole rings is 1. The molecule has 1 atom stereocenters. The van der Waals surface area contributed by atoms with Crippen molar-refractivity contribution in [2.45, 2.75) is 25.8 Å². The van der Waals surface area contributed by atoms with Crippen LogP contribution in [0.5, 0.6) is 5.75 Å². The summed E-state index contributed by atoms with van der Waals surface area (Å²) < 4.78 is 49.0. The fourth-order valence-electron chi connectivity index (χ4n) is 4.06. The Labute approximate surface area is 204 Å². The maximum atomic E-state index is 14.6. The van der Waals surface area contributed by atoms with E-state index in [1.165, 1.54) is 36.6 Å². The molecule has 0 amide bonds. The largest absolute Gasteiger partial charge is 0.497 e. The van der Waals surface area contributed by atoms with Crippen LogP contribution >= 0.6 is 11.3 Å². The van der Waals surface area contributed by atoms with E-state index >= 15 is 0 Å². The maximum absolute atomic E-state index is 14.6. The normalized spacial score (nSPS) is 12.0. The topological polar surface area (TPSA) is 62.7 Å². The number of hydrogen-bond acceptors (Lipinski definition) is 5. The average Bonchev–Trinajstić information content (AvgIpc) is 3.28. The summed E-state index contributed by atoms with van der Waals surface area (Å²) >= 11 is 1.17. The van der Waals surface area contributed by atoms with Gasteiger partial charge in [0.2, 0.25) is 0 Å². The molecule has 0 aliphatic carbocycles. The van der Waals surface area contributed by atoms with Crippen molar-refractivity contribution >= 4 is 32.7 Å². The lowest BCUT2D eigenvalue weighted by molar-refractivity contribution is 0.0697. The molecule has 0 aliphatic heterocycles. The summed E-state index contributed by atoms with van der Waals surface area (Å²) in [6.45, 7) is 2.14. The van der Waals surface area contributed by atoms with Gasteiger partial charge in [0, 0.05) is 24.2 Å². The molecule has 4 aromatic rings. The number of rotatable bonds is 9. The Balaban J connectivity index is 1.74. The Morgan fingerprint density at radius 3 is 2.34 bits per heavy atom. The summed E-state index contributed by atoms with van der Waals surface area (Å²) in [5.74, 6) is -2.76. The zero-order chi connectivity index (χ0) is 25.1. The molecule has 0 saturated carbocycles. The number of aromatic carboxylic acids is 1. The smallest absolute Gasteiger partial charge is 0.335 e. The van der Waals surface area contributed by atoms with E-state index in [4.69, 9.17) is 4.74 Å². The number of fused-ring (bicyclic) bond motifs is 1. The number of nitrogens with zero attached hydrogens (tertiary/aromatic N) is 2. The van der Waals surface area contributed by atoms with Gasteiger partial charge in [-0.25, -0.2) is 22.9 Å². The zero-order valence-electron chi connectivity index (χ0n) is 19.1. The minimum absolute atomic E-state index is 0.0315. The van der Waals surface area contributed by atoms with Crippen LogP contribution < -0.4 is 9.64 Å². The molecule has 1 aromatic heterocycles. The molecule has 0 radical (unpaired) electrons. The van der Waals surface area contributed by atoms with Crippen LogP contribution in [-0.4, -0.2) is 29.7 Å². The molecular formula is C26H23F3N2O3S. The summed E-state index contributed by atoms with van der Waals surface area (Å²) in [6, 6.07) is 13.1. The first-order chi connectivity index (χ1) is 16.8. The monoisotopic (exact) mass is 500 g/mol. The number of ether oxygens (including phenoxy) is 1. The molecule has 1 unspecified atom stereocenters. The number of hydrogen-bond donors (Lipinski definition) is 1. The summed E-state index contributed by atoms with van der Waals surface area (Å²) in [5.41, 5.74) is 1.37. The van der Waals surface area contributed by atoms with Crippen LogP contribution in [0.15, 0.2) is 54.6 Å². The zero-order valence-corrected chi connectivity index (χ0v) is 19.9. The van der Waals surface area contributed by atoms with E-state index in [9.17, 15) is 23.1 Å². The van der Waals surface area contributed by atoms with E-state index in [-0.39, 0.29) is 35.9 Å². The number of benzene rings is 3. The van der Waals surface area contributed by atoms with E-state index in [0.717, 1.165) is 17.7 Å². The van der Waals surface area contributed by atoms with Gasteiger partial charge in [-0.2, -0.15) is 0 Å². The first kappa shape index (κ1) is 24.5. The minimum Gasteiger partial charge on any atom is -0.497 e. The Bertz CT molecular complexity index is 1330. The number of carbonyl (C=O) groups is 1. The first-order valence-electron chi connectivity index (χ1n) is 11.0. The molecule has 5 nitrogen and oxygen atoms in total. The third-order valence-corrected chi connectivity index (χ3v) is 6.98. The average molecular weight is 501 g/mol. The van der Waals surface area contributed by atoms with E-state index < -0.39 is 23.4 Å². The number of halogens is 3. The van der Waals surface area contributed by atoms with Gasteiger partial charge in [-0.15, -0.1) is 0 Å². The summed E-state index contributed by atoms with van der Waals surface area (Å²) in [6.07, 6.45) is 0.627. The Morgan fingerprint density at radius 1 is 1.09 bits per heavy atom. The minimum atomic E-state index is -1.03. The molecule has 35 heavy (non-hydrogen) atoms. The van der Waals surface area contributed by atoms with Gasteiger partial charge in [0.1, 0.15) is 23.2 Å². The van der Waals surface area contributed by atoms with E-state index in [0.29, 0.717) is 21.8 Å². The Kier molecular flexibility index (Phi) is 7.25. The van der Waals surface area contributed by atoms with Crippen LogP contribution in [0, 0.1) is 17.5 Å². The molecule has 0 saturated heterocycles. The highest BCUT2D eigenvalue weighted by Crippen LogP contribution is 2.37. The lowest BCUT2D eigenvalue weighted by atomic mass is 10.0. The second kappa shape index (κ2) is 10.4. The maximum Gasteiger partial charge on any atom is 0.335 e. The van der Waals surface area contributed by atoms with Crippen molar-refractivity contribution in [1.29, 1.82) is 0 Å². The van der Waals surface area contributed by atoms with Crippen molar-refractivity contribution < 1.29 is 27.8 Å². The fourth-order valence-corrected chi connectivity index (χ4v) is 5.11. The quantitative estimate of drug-likeness (QED) is 0.280. The molecule has 1 N–H and O–H groups in total. The van der Waals surface area contributed by atoms with Gasteiger partial charge in [0.25, 0.3) is 0 Å². The molecule has 0 fully saturated rings. The third-order valence-electron chi connectivity index (χ3n) is 5.86. The number of carboxylic acid groups (broad SMARTS) is 1. The van der Waals surface area contributed by atoms with Gasteiger partial charge in [-0.3, -0.25) is 0 Å². The lowest BCUT2D eigenvalue weighted by Crippen LogP contribution is -2.31. The van der Waals surface area contributed by atoms with Gasteiger partial charge in [-0.05, 0) is 42.7 Å². The lowest BCUT2D eigenvalue weighted by Gasteiger charge is -2.31. The summed E-state index contributed by atoms with van der Waals surface area (Å²) in [7, 11) is 1.34. The molecule has 3 aromatic carbocycles. The Morgan fingerprint density at radius 2 is 1.77 bits per heavy atom. The van der Waals surface area contributed by atoms with Crippen molar-refractivity contribution in [2.75, 3.05) is 18.6 Å². The molecule has 182 valence electrons. The second-order valence-corrected chi connectivity index (χ2v) is 8.93. The molecule has 1 heterocycles. The molecule has 0 spiro atoms. The highest BCUT2D eigenvalue weighted by atomic mass is 32.1. The van der Waals surface area contributed by atoms with Crippen molar-refractivity contribution in [2.24, 2.45) is 0 Å². The van der Waals surface area contributed by atoms with Gasteiger partial charge < -0.3 is 14.7 Å². The summed E-state index contributed by atoms with van der Waals surface area (Å²) in [5, 5.41) is 9.74. The van der Waals surface area contributed by atoms with Crippen LogP contribution in [0.1, 0.15) is 40.9 Å². The fraction of sp³-hybridized carbons (Fsp3) is 0.231. The van der Waals surface area contributed by atoms with Crippen molar-refractivity contribution in [3.8, 4) is 5.75 Å². The van der Waals surface area contributed by atoms with E-state index in [1.54, 1.807) is 24.3 Å². The first-order valence-corrected chi connectivity index (χ1v) is 11.8. The Hall–Kier alpha value is -3.59. The van der Waals surface area contributed by atoms with Crippen LogP contribution in [0.2, 0.25) is 0 Å². The molecule has 0 bridgehead atoms. The third kappa shape index (κ3) is 5.09. The van der Waals surface area contributed by atoms with Gasteiger partial charge in [-0.1, -0.05) is 36.5 Å². The summed E-state index contributed by atoms with van der Waals surface area (Å²) in [4.78, 5) is 17.8. The van der Waals surface area contributed by atoms with Crippen LogP contribution in [0.3, 0.4) is 0 Å². The van der Waals surface area contributed by atoms with Crippen LogP contribution in [0.25, 0.3) is 10.2 Å².